The molecule has 1 fully saturated rings. The molecule has 10 heavy (non-hydrogen) atoms. The van der Waals surface area contributed by atoms with Crippen molar-refractivity contribution in [3.63, 3.8) is 0 Å². The Balaban J connectivity index is 2.33. The molecule has 1 rings (SSSR count). The molecule has 0 aromatic carbocycles. The van der Waals surface area contributed by atoms with Crippen LogP contribution in [0.2, 0.25) is 0 Å². The standard InChI is InChI=1S/C6H11Cl2NP/c7-10(8)9-6-4-2-1-3-5-6/h6H,1-5H2/q+1. The monoisotopic (exact) mass is 198 g/mol. The lowest BCUT2D eigenvalue weighted by molar-refractivity contribution is 0.446. The van der Waals surface area contributed by atoms with E-state index in [1.165, 1.54) is 32.1 Å². The molecule has 58 valence electrons. The zero-order valence-corrected chi connectivity index (χ0v) is 8.17. The van der Waals surface area contributed by atoms with E-state index in [2.05, 4.69) is 4.74 Å². The lowest BCUT2D eigenvalue weighted by Crippen LogP contribution is -2.07. The molecule has 0 N–H and O–H groups in total. The Morgan fingerprint density at radius 1 is 1.10 bits per heavy atom. The van der Waals surface area contributed by atoms with Crippen LogP contribution in [-0.4, -0.2) is 6.04 Å². The van der Waals surface area contributed by atoms with Crippen molar-refractivity contribution in [1.82, 2.24) is 0 Å². The number of halogens is 2. The summed E-state index contributed by atoms with van der Waals surface area (Å²) in [6, 6.07) is 0.467. The van der Waals surface area contributed by atoms with Crippen LogP contribution in [-0.2, 0) is 0 Å². The molecule has 0 aromatic heterocycles. The van der Waals surface area contributed by atoms with Gasteiger partial charge >= 0.3 is 6.42 Å². The largest absolute Gasteiger partial charge is 0.438 e. The maximum Gasteiger partial charge on any atom is 0.438 e. The Hall–Kier alpha value is 0.680. The molecule has 0 bridgehead atoms. The second-order valence-corrected chi connectivity index (χ2v) is 5.72. The van der Waals surface area contributed by atoms with Gasteiger partial charge in [0.25, 0.3) is 0 Å². The molecule has 0 heterocycles. The summed E-state index contributed by atoms with van der Waals surface area (Å²) in [7, 11) is 0. The summed E-state index contributed by atoms with van der Waals surface area (Å²) in [5.74, 6) is 0. The zero-order chi connectivity index (χ0) is 7.40. The smallest absolute Gasteiger partial charge is 0.0716 e. The number of hydrogen-bond donors (Lipinski definition) is 0. The van der Waals surface area contributed by atoms with Gasteiger partial charge in [0.15, 0.2) is 0 Å². The van der Waals surface area contributed by atoms with Crippen molar-refractivity contribution in [2.45, 2.75) is 38.1 Å². The summed E-state index contributed by atoms with van der Waals surface area (Å²) in [6.45, 7) is 0. The minimum absolute atomic E-state index is 0.467. The summed E-state index contributed by atoms with van der Waals surface area (Å²) >= 11 is 11.1. The third kappa shape index (κ3) is 3.18. The summed E-state index contributed by atoms with van der Waals surface area (Å²) in [5, 5.41) is 0. The van der Waals surface area contributed by atoms with Gasteiger partial charge in [0, 0.05) is 0 Å². The first-order valence-electron chi connectivity index (χ1n) is 3.61. The fourth-order valence-electron chi connectivity index (χ4n) is 1.32. The molecule has 0 aromatic rings. The molecule has 1 aliphatic carbocycles. The van der Waals surface area contributed by atoms with Crippen molar-refractivity contribution < 1.29 is 0 Å². The van der Waals surface area contributed by atoms with Gasteiger partial charge in [-0.15, -0.1) is 0 Å². The maximum absolute atomic E-state index is 5.57. The Morgan fingerprint density at radius 3 is 2.20 bits per heavy atom. The predicted octanol–water partition coefficient (Wildman–Crippen LogP) is 4.29. The van der Waals surface area contributed by atoms with Crippen LogP contribution in [0.5, 0.6) is 0 Å². The highest BCUT2D eigenvalue weighted by Gasteiger charge is 2.17. The Kier molecular flexibility index (Phi) is 3.98. The van der Waals surface area contributed by atoms with E-state index in [4.69, 9.17) is 22.5 Å². The van der Waals surface area contributed by atoms with Gasteiger partial charge in [-0.2, -0.15) is 0 Å². The molecule has 4 heteroatoms. The molecule has 0 aliphatic heterocycles. The van der Waals surface area contributed by atoms with E-state index in [1.807, 2.05) is 0 Å². The van der Waals surface area contributed by atoms with Crippen molar-refractivity contribution in [3.05, 3.63) is 0 Å². The van der Waals surface area contributed by atoms with Gasteiger partial charge in [0.05, 0.1) is 6.04 Å². The zero-order valence-electron chi connectivity index (χ0n) is 5.76. The van der Waals surface area contributed by atoms with Gasteiger partial charge < -0.3 is 0 Å². The van der Waals surface area contributed by atoms with E-state index in [0.29, 0.717) is 6.04 Å². The first-order valence-corrected chi connectivity index (χ1v) is 6.72. The molecule has 0 unspecified atom stereocenters. The van der Waals surface area contributed by atoms with Gasteiger partial charge in [0.1, 0.15) is 0 Å². The van der Waals surface area contributed by atoms with Crippen molar-refractivity contribution in [3.8, 4) is 0 Å². The molecular formula is C6H11Cl2NP+. The average molecular weight is 199 g/mol. The van der Waals surface area contributed by atoms with Crippen molar-refractivity contribution in [2.75, 3.05) is 0 Å². The highest BCUT2D eigenvalue weighted by Crippen LogP contribution is 2.39. The lowest BCUT2D eigenvalue weighted by atomic mass is 9.97. The fourth-order valence-corrected chi connectivity index (χ4v) is 2.54. The van der Waals surface area contributed by atoms with E-state index in [0.717, 1.165) is 0 Å². The Labute approximate surface area is 72.2 Å². The van der Waals surface area contributed by atoms with Crippen LogP contribution in [0, 0.1) is 0 Å². The summed E-state index contributed by atoms with van der Waals surface area (Å²) < 4.78 is 4.23. The van der Waals surface area contributed by atoms with Crippen molar-refractivity contribution in [2.24, 2.45) is 4.74 Å². The number of nitrogens with zero attached hydrogens (tertiary/aromatic N) is 1. The van der Waals surface area contributed by atoms with Crippen molar-refractivity contribution in [1.29, 1.82) is 0 Å². The Bertz CT molecular complexity index is 128. The topological polar surface area (TPSA) is 12.4 Å². The predicted molar refractivity (Wildman–Crippen MR) is 47.9 cm³/mol. The van der Waals surface area contributed by atoms with Gasteiger partial charge in [-0.3, -0.25) is 0 Å². The Morgan fingerprint density at radius 2 is 1.70 bits per heavy atom. The number of rotatable bonds is 1. The maximum atomic E-state index is 5.57. The number of hydrogen-bond acceptors (Lipinski definition) is 1. The van der Waals surface area contributed by atoms with E-state index < -0.39 is 6.42 Å². The minimum atomic E-state index is -1.05. The van der Waals surface area contributed by atoms with Gasteiger partial charge in [0.2, 0.25) is 22.5 Å². The van der Waals surface area contributed by atoms with E-state index >= 15 is 0 Å². The first kappa shape index (κ1) is 8.77. The van der Waals surface area contributed by atoms with E-state index in [1.54, 1.807) is 0 Å². The molecular weight excluding hydrogens is 188 g/mol. The molecule has 0 amide bonds. The second-order valence-electron chi connectivity index (χ2n) is 2.62. The SMILES string of the molecule is Cl[P+](Cl)=NC1CCCCC1. The van der Waals surface area contributed by atoms with Crippen molar-refractivity contribution >= 4 is 28.9 Å². The highest BCUT2D eigenvalue weighted by atomic mass is 35.9. The van der Waals surface area contributed by atoms with E-state index in [-0.39, 0.29) is 0 Å². The van der Waals surface area contributed by atoms with Crippen LogP contribution < -0.4 is 0 Å². The summed E-state index contributed by atoms with van der Waals surface area (Å²) in [5.41, 5.74) is 0. The van der Waals surface area contributed by atoms with Gasteiger partial charge in [-0.05, 0) is 12.8 Å². The van der Waals surface area contributed by atoms with E-state index in [9.17, 15) is 0 Å². The fraction of sp³-hybridized carbons (Fsp3) is 1.00. The van der Waals surface area contributed by atoms with Gasteiger partial charge in [-0.25, -0.2) is 0 Å². The van der Waals surface area contributed by atoms with Gasteiger partial charge in [-0.1, -0.05) is 24.0 Å². The van der Waals surface area contributed by atoms with Crippen LogP contribution in [0.3, 0.4) is 0 Å². The highest BCUT2D eigenvalue weighted by molar-refractivity contribution is 7.96. The molecule has 0 spiro atoms. The molecule has 0 radical (unpaired) electrons. The molecule has 1 nitrogen and oxygen atoms in total. The lowest BCUT2D eigenvalue weighted by Gasteiger charge is -2.13. The van der Waals surface area contributed by atoms with Crippen LogP contribution >= 0.6 is 28.9 Å². The average Bonchev–Trinajstić information content (AvgIpc) is 1.88. The minimum Gasteiger partial charge on any atom is -0.0716 e. The van der Waals surface area contributed by atoms with Crippen LogP contribution in [0.25, 0.3) is 0 Å². The molecule has 1 saturated carbocycles. The van der Waals surface area contributed by atoms with Crippen LogP contribution in [0.15, 0.2) is 4.74 Å². The van der Waals surface area contributed by atoms with Crippen LogP contribution in [0.1, 0.15) is 32.1 Å². The summed E-state index contributed by atoms with van der Waals surface area (Å²) in [4.78, 5) is 0. The third-order valence-electron chi connectivity index (χ3n) is 1.83. The summed E-state index contributed by atoms with van der Waals surface area (Å²) in [6.07, 6.45) is 5.28. The first-order chi connectivity index (χ1) is 4.79. The third-order valence-corrected chi connectivity index (χ3v) is 2.85. The normalized spacial score (nSPS) is 20.6. The quantitative estimate of drug-likeness (QED) is 0.558. The molecule has 1 aliphatic rings. The molecule has 0 saturated heterocycles. The molecule has 0 atom stereocenters. The van der Waals surface area contributed by atoms with Crippen LogP contribution in [0.4, 0.5) is 0 Å². The second kappa shape index (κ2) is 4.54.